The fraction of sp³-hybridized carbons (Fsp3) is 0.692. The van der Waals surface area contributed by atoms with Gasteiger partial charge in [0.2, 0.25) is 0 Å². The molecule has 0 radical (unpaired) electrons. The summed E-state index contributed by atoms with van der Waals surface area (Å²) in [4.78, 5) is 18.7. The minimum Gasteiger partial charge on any atom is -0.381 e. The Morgan fingerprint density at radius 3 is 3.21 bits per heavy atom. The number of nitrogens with zero attached hydrogens (tertiary/aromatic N) is 1. The van der Waals surface area contributed by atoms with E-state index in [1.165, 1.54) is 11.8 Å². The zero-order valence-corrected chi connectivity index (χ0v) is 12.0. The molecule has 2 atom stereocenters. The molecule has 19 heavy (non-hydrogen) atoms. The lowest BCUT2D eigenvalue weighted by molar-refractivity contribution is 0.182. The van der Waals surface area contributed by atoms with Gasteiger partial charge in [0.15, 0.2) is 5.16 Å². The second-order valence-corrected chi connectivity index (χ2v) is 5.90. The Morgan fingerprint density at radius 2 is 2.53 bits per heavy atom. The molecule has 2 rings (SSSR count). The van der Waals surface area contributed by atoms with Gasteiger partial charge >= 0.3 is 0 Å². The third-order valence-electron chi connectivity index (χ3n) is 3.26. The van der Waals surface area contributed by atoms with E-state index in [4.69, 9.17) is 10.5 Å². The molecule has 0 bridgehead atoms. The predicted octanol–water partition coefficient (Wildman–Crippen LogP) is 1.18. The van der Waals surface area contributed by atoms with Crippen molar-refractivity contribution in [3.05, 3.63) is 22.1 Å². The lowest BCUT2D eigenvalue weighted by Gasteiger charge is -2.16. The van der Waals surface area contributed by atoms with E-state index < -0.39 is 0 Å². The molecular formula is C13H21N3O2S. The number of aryl methyl sites for hydroxylation is 1. The van der Waals surface area contributed by atoms with Gasteiger partial charge in [-0.1, -0.05) is 25.1 Å². The summed E-state index contributed by atoms with van der Waals surface area (Å²) in [5.41, 5.74) is 6.91. The monoisotopic (exact) mass is 283 g/mol. The van der Waals surface area contributed by atoms with Gasteiger partial charge in [-0.15, -0.1) is 0 Å². The molecule has 1 aliphatic rings. The van der Waals surface area contributed by atoms with Crippen LogP contribution in [0.4, 0.5) is 0 Å². The van der Waals surface area contributed by atoms with Gasteiger partial charge in [0.25, 0.3) is 5.56 Å². The Labute approximate surface area is 117 Å². The van der Waals surface area contributed by atoms with Crippen molar-refractivity contribution in [2.24, 2.45) is 11.7 Å². The molecule has 1 fully saturated rings. The predicted molar refractivity (Wildman–Crippen MR) is 76.5 cm³/mol. The highest BCUT2D eigenvalue weighted by molar-refractivity contribution is 7.99. The fourth-order valence-corrected chi connectivity index (χ4v) is 3.11. The van der Waals surface area contributed by atoms with E-state index in [2.05, 4.69) is 16.9 Å². The van der Waals surface area contributed by atoms with Crippen molar-refractivity contribution in [2.45, 2.75) is 37.4 Å². The third kappa shape index (κ3) is 4.33. The third-order valence-corrected chi connectivity index (χ3v) is 4.28. The molecular weight excluding hydrogens is 262 g/mol. The number of aromatic nitrogens is 2. The molecule has 1 aromatic rings. The van der Waals surface area contributed by atoms with Crippen molar-refractivity contribution in [3.8, 4) is 0 Å². The number of thioether (sulfide) groups is 1. The van der Waals surface area contributed by atoms with Crippen molar-refractivity contribution >= 4 is 11.8 Å². The van der Waals surface area contributed by atoms with E-state index in [1.54, 1.807) is 6.07 Å². The smallest absolute Gasteiger partial charge is 0.251 e. The van der Waals surface area contributed by atoms with E-state index in [9.17, 15) is 4.79 Å². The Morgan fingerprint density at radius 1 is 1.68 bits per heavy atom. The van der Waals surface area contributed by atoms with Crippen LogP contribution in [0.3, 0.4) is 0 Å². The average molecular weight is 283 g/mol. The van der Waals surface area contributed by atoms with Crippen LogP contribution in [0.5, 0.6) is 0 Å². The van der Waals surface area contributed by atoms with Crippen LogP contribution in [-0.2, 0) is 11.2 Å². The summed E-state index contributed by atoms with van der Waals surface area (Å²) in [6, 6.07) is 1.66. The zero-order chi connectivity index (χ0) is 13.7. The quantitative estimate of drug-likeness (QED) is 0.605. The first-order chi connectivity index (χ1) is 9.19. The van der Waals surface area contributed by atoms with Gasteiger partial charge in [-0.05, 0) is 12.8 Å². The molecule has 6 heteroatoms. The number of nitrogens with two attached hydrogens (primary N) is 1. The number of hydrogen-bond acceptors (Lipinski definition) is 5. The van der Waals surface area contributed by atoms with Crippen LogP contribution in [0.15, 0.2) is 16.0 Å². The first-order valence-corrected chi connectivity index (χ1v) is 7.74. The molecule has 1 aromatic heterocycles. The van der Waals surface area contributed by atoms with Crippen LogP contribution < -0.4 is 11.3 Å². The SMILES string of the molecule is CCCc1cc(=O)[nH]c(SCC(N)C2CCOC2)n1. The van der Waals surface area contributed by atoms with Crippen molar-refractivity contribution in [1.29, 1.82) is 0 Å². The van der Waals surface area contributed by atoms with Gasteiger partial charge in [0.1, 0.15) is 0 Å². The van der Waals surface area contributed by atoms with E-state index in [0.29, 0.717) is 11.1 Å². The van der Waals surface area contributed by atoms with Crippen molar-refractivity contribution in [3.63, 3.8) is 0 Å². The minimum absolute atomic E-state index is 0.0845. The molecule has 2 unspecified atom stereocenters. The molecule has 0 amide bonds. The first kappa shape index (κ1) is 14.6. The summed E-state index contributed by atoms with van der Waals surface area (Å²) < 4.78 is 5.34. The van der Waals surface area contributed by atoms with Gasteiger partial charge in [0.05, 0.1) is 6.61 Å². The van der Waals surface area contributed by atoms with Crippen LogP contribution in [0.1, 0.15) is 25.5 Å². The molecule has 3 N–H and O–H groups in total. The van der Waals surface area contributed by atoms with Crippen LogP contribution >= 0.6 is 11.8 Å². The highest BCUT2D eigenvalue weighted by Crippen LogP contribution is 2.21. The lowest BCUT2D eigenvalue weighted by atomic mass is 10.0. The number of rotatable bonds is 6. The molecule has 1 saturated heterocycles. The van der Waals surface area contributed by atoms with Gasteiger partial charge in [-0.3, -0.25) is 4.79 Å². The first-order valence-electron chi connectivity index (χ1n) is 6.75. The number of nitrogens with one attached hydrogen (secondary N) is 1. The van der Waals surface area contributed by atoms with Crippen LogP contribution in [0.25, 0.3) is 0 Å². The normalized spacial score (nSPS) is 20.6. The maximum Gasteiger partial charge on any atom is 0.251 e. The van der Waals surface area contributed by atoms with E-state index in [1.807, 2.05) is 0 Å². The zero-order valence-electron chi connectivity index (χ0n) is 11.2. The second-order valence-electron chi connectivity index (χ2n) is 4.89. The van der Waals surface area contributed by atoms with E-state index >= 15 is 0 Å². The van der Waals surface area contributed by atoms with Gasteiger partial charge in [0, 0.05) is 36.1 Å². The van der Waals surface area contributed by atoms with E-state index in [0.717, 1.165) is 43.9 Å². The Bertz CT molecular complexity index is 457. The molecule has 0 spiro atoms. The number of hydrogen-bond donors (Lipinski definition) is 2. The summed E-state index contributed by atoms with van der Waals surface area (Å²) in [5, 5.41) is 0.672. The molecule has 0 aromatic carbocycles. The van der Waals surface area contributed by atoms with Crippen molar-refractivity contribution in [1.82, 2.24) is 9.97 Å². The fourth-order valence-electron chi connectivity index (χ4n) is 2.14. The topological polar surface area (TPSA) is 81.0 Å². The number of H-pyrrole nitrogens is 1. The van der Waals surface area contributed by atoms with Gasteiger partial charge < -0.3 is 15.5 Å². The van der Waals surface area contributed by atoms with Crippen LogP contribution in [0.2, 0.25) is 0 Å². The van der Waals surface area contributed by atoms with Gasteiger partial charge in [-0.2, -0.15) is 0 Å². The Hall–Kier alpha value is -0.850. The summed E-state index contributed by atoms with van der Waals surface area (Å²) in [7, 11) is 0. The van der Waals surface area contributed by atoms with E-state index in [-0.39, 0.29) is 11.6 Å². The average Bonchev–Trinajstić information content (AvgIpc) is 2.89. The van der Waals surface area contributed by atoms with Crippen LogP contribution in [-0.4, -0.2) is 35.0 Å². The molecule has 2 heterocycles. The molecule has 5 nitrogen and oxygen atoms in total. The number of ether oxygens (including phenoxy) is 1. The van der Waals surface area contributed by atoms with Crippen molar-refractivity contribution < 1.29 is 4.74 Å². The highest BCUT2D eigenvalue weighted by atomic mass is 32.2. The summed E-state index contributed by atoms with van der Waals surface area (Å²) in [5.74, 6) is 1.19. The Balaban J connectivity index is 1.92. The molecule has 0 saturated carbocycles. The van der Waals surface area contributed by atoms with Crippen molar-refractivity contribution in [2.75, 3.05) is 19.0 Å². The molecule has 1 aliphatic heterocycles. The maximum absolute atomic E-state index is 11.5. The molecule has 0 aliphatic carbocycles. The van der Waals surface area contributed by atoms with Gasteiger partial charge in [-0.25, -0.2) is 4.98 Å². The lowest BCUT2D eigenvalue weighted by Crippen LogP contribution is -2.32. The number of aromatic amines is 1. The standard InChI is InChI=1S/C13H21N3O2S/c1-2-3-10-6-12(17)16-13(15-10)19-8-11(14)9-4-5-18-7-9/h6,9,11H,2-5,7-8,14H2,1H3,(H,15,16,17). The Kier molecular flexibility index (Phi) is 5.42. The highest BCUT2D eigenvalue weighted by Gasteiger charge is 2.22. The largest absolute Gasteiger partial charge is 0.381 e. The minimum atomic E-state index is -0.0845. The molecule has 106 valence electrons. The summed E-state index contributed by atoms with van der Waals surface area (Å²) >= 11 is 1.52. The second kappa shape index (κ2) is 7.07. The summed E-state index contributed by atoms with van der Waals surface area (Å²) in [6.07, 6.45) is 2.85. The maximum atomic E-state index is 11.5. The van der Waals surface area contributed by atoms with Crippen LogP contribution in [0, 0.1) is 5.92 Å². The summed E-state index contributed by atoms with van der Waals surface area (Å²) in [6.45, 7) is 3.64.